The number of ether oxygens (including phenoxy) is 1. The van der Waals surface area contributed by atoms with Crippen molar-refractivity contribution in [2.75, 3.05) is 13.1 Å². The fourth-order valence-electron chi connectivity index (χ4n) is 3.93. The molecule has 30 heavy (non-hydrogen) atoms. The van der Waals surface area contributed by atoms with Crippen molar-refractivity contribution in [3.8, 4) is 18.2 Å². The standard InChI is InChI=1S/C21H20ClN5O2S/c1-20(2,3)29-19(28)27-7-6-14-13(9-27)17(15-4-5-16(22)30-15)12(8-23)18(26)21(14,10-24)11-25/h4-6,13,17H,7,9,26H2,1-3H3/t13-,17-/m0/s1. The highest BCUT2D eigenvalue weighted by molar-refractivity contribution is 7.16. The predicted molar refractivity (Wildman–Crippen MR) is 112 cm³/mol. The van der Waals surface area contributed by atoms with Crippen LogP contribution in [-0.4, -0.2) is 29.7 Å². The van der Waals surface area contributed by atoms with Crippen LogP contribution in [0, 0.1) is 45.3 Å². The van der Waals surface area contributed by atoms with Gasteiger partial charge in [-0.2, -0.15) is 15.8 Å². The third-order valence-corrected chi connectivity index (χ3v) is 6.51. The molecule has 0 spiro atoms. The number of thiophene rings is 1. The predicted octanol–water partition coefficient (Wildman–Crippen LogP) is 4.06. The Labute approximate surface area is 184 Å². The molecule has 0 unspecified atom stereocenters. The van der Waals surface area contributed by atoms with Crippen LogP contribution in [0.3, 0.4) is 0 Å². The van der Waals surface area contributed by atoms with Gasteiger partial charge in [0.15, 0.2) is 0 Å². The number of nitrogens with two attached hydrogens (primary N) is 1. The van der Waals surface area contributed by atoms with Crippen LogP contribution in [0.15, 0.2) is 35.1 Å². The Morgan fingerprint density at radius 1 is 1.33 bits per heavy atom. The third-order valence-electron chi connectivity index (χ3n) is 5.20. The molecule has 0 bridgehead atoms. The molecule has 0 fully saturated rings. The number of hydrogen-bond acceptors (Lipinski definition) is 7. The van der Waals surface area contributed by atoms with Crippen LogP contribution in [0.25, 0.3) is 0 Å². The van der Waals surface area contributed by atoms with Gasteiger partial charge < -0.3 is 15.4 Å². The van der Waals surface area contributed by atoms with Crippen LogP contribution >= 0.6 is 22.9 Å². The minimum atomic E-state index is -1.74. The second-order valence-corrected chi connectivity index (χ2v) is 9.93. The van der Waals surface area contributed by atoms with E-state index >= 15 is 0 Å². The number of allylic oxidation sites excluding steroid dienone is 2. The van der Waals surface area contributed by atoms with Crippen molar-refractivity contribution in [2.45, 2.75) is 32.3 Å². The number of hydrogen-bond donors (Lipinski definition) is 1. The number of carbonyl (C=O) groups excluding carboxylic acids is 1. The van der Waals surface area contributed by atoms with Crippen LogP contribution < -0.4 is 5.73 Å². The van der Waals surface area contributed by atoms with Gasteiger partial charge in [-0.3, -0.25) is 0 Å². The second kappa shape index (κ2) is 7.69. The van der Waals surface area contributed by atoms with Crippen molar-refractivity contribution >= 4 is 29.0 Å². The molecule has 1 aliphatic carbocycles. The van der Waals surface area contributed by atoms with Gasteiger partial charge in [-0.15, -0.1) is 11.3 Å². The Balaban J connectivity index is 2.16. The van der Waals surface area contributed by atoms with Gasteiger partial charge in [-0.25, -0.2) is 4.79 Å². The summed E-state index contributed by atoms with van der Waals surface area (Å²) in [5.41, 5.74) is 4.45. The van der Waals surface area contributed by atoms with Gasteiger partial charge in [0.05, 0.1) is 33.8 Å². The molecule has 2 N–H and O–H groups in total. The number of carbonyl (C=O) groups is 1. The van der Waals surface area contributed by atoms with Crippen molar-refractivity contribution in [3.63, 3.8) is 0 Å². The second-order valence-electron chi connectivity index (χ2n) is 8.18. The number of halogens is 1. The zero-order chi connectivity index (χ0) is 22.3. The third kappa shape index (κ3) is 3.52. The number of nitrogens with zero attached hydrogens (tertiary/aromatic N) is 4. The molecule has 9 heteroatoms. The Bertz CT molecular complexity index is 1060. The smallest absolute Gasteiger partial charge is 0.410 e. The lowest BCUT2D eigenvalue weighted by Crippen LogP contribution is -2.49. The lowest BCUT2D eigenvalue weighted by atomic mass is 9.61. The largest absolute Gasteiger partial charge is 0.444 e. The monoisotopic (exact) mass is 441 g/mol. The Morgan fingerprint density at radius 2 is 2.00 bits per heavy atom. The Hall–Kier alpha value is -2.99. The van der Waals surface area contributed by atoms with E-state index in [1.165, 1.54) is 16.2 Å². The molecular weight excluding hydrogens is 422 g/mol. The maximum Gasteiger partial charge on any atom is 0.410 e. The fourth-order valence-corrected chi connectivity index (χ4v) is 5.17. The molecule has 2 aliphatic rings. The first-order valence-corrected chi connectivity index (χ1v) is 10.4. The highest BCUT2D eigenvalue weighted by Gasteiger charge is 2.53. The van der Waals surface area contributed by atoms with Gasteiger partial charge in [0.25, 0.3) is 0 Å². The average Bonchev–Trinajstić information content (AvgIpc) is 3.11. The highest BCUT2D eigenvalue weighted by Crippen LogP contribution is 2.54. The average molecular weight is 442 g/mol. The van der Waals surface area contributed by atoms with Crippen LogP contribution in [0.1, 0.15) is 31.6 Å². The molecular formula is C21H20ClN5O2S. The summed E-state index contributed by atoms with van der Waals surface area (Å²) < 4.78 is 6.03. The summed E-state index contributed by atoms with van der Waals surface area (Å²) in [6.45, 7) is 5.70. The van der Waals surface area contributed by atoms with E-state index in [1.807, 2.05) is 12.1 Å². The molecule has 0 saturated heterocycles. The fraction of sp³-hybridized carbons (Fsp3) is 0.429. The molecule has 1 aromatic rings. The number of nitriles is 3. The summed E-state index contributed by atoms with van der Waals surface area (Å²) in [4.78, 5) is 15.0. The van der Waals surface area contributed by atoms with Crippen molar-refractivity contribution in [1.82, 2.24) is 4.90 Å². The number of rotatable bonds is 1. The normalized spacial score (nSPS) is 22.8. The van der Waals surface area contributed by atoms with Gasteiger partial charge in [-0.05, 0) is 38.5 Å². The number of amides is 1. The van der Waals surface area contributed by atoms with Gasteiger partial charge in [0.1, 0.15) is 5.60 Å². The lowest BCUT2D eigenvalue weighted by Gasteiger charge is -2.44. The maximum atomic E-state index is 12.7. The number of fused-ring (bicyclic) bond motifs is 1. The van der Waals surface area contributed by atoms with Crippen molar-refractivity contribution < 1.29 is 9.53 Å². The van der Waals surface area contributed by atoms with Crippen LogP contribution in [0.2, 0.25) is 4.34 Å². The van der Waals surface area contributed by atoms with Gasteiger partial charge in [0.2, 0.25) is 5.41 Å². The zero-order valence-corrected chi connectivity index (χ0v) is 18.3. The summed E-state index contributed by atoms with van der Waals surface area (Å²) in [6.07, 6.45) is 1.19. The van der Waals surface area contributed by atoms with Crippen LogP contribution in [-0.2, 0) is 4.74 Å². The minimum Gasteiger partial charge on any atom is -0.444 e. The van der Waals surface area contributed by atoms with Gasteiger partial charge >= 0.3 is 6.09 Å². The van der Waals surface area contributed by atoms with E-state index in [4.69, 9.17) is 22.1 Å². The first-order chi connectivity index (χ1) is 14.1. The molecule has 0 aromatic carbocycles. The summed E-state index contributed by atoms with van der Waals surface area (Å²) in [5, 5.41) is 29.7. The van der Waals surface area contributed by atoms with Crippen molar-refractivity contribution in [1.29, 1.82) is 15.8 Å². The van der Waals surface area contributed by atoms with E-state index in [-0.39, 0.29) is 24.4 Å². The molecule has 7 nitrogen and oxygen atoms in total. The molecule has 1 aromatic heterocycles. The Morgan fingerprint density at radius 3 is 2.50 bits per heavy atom. The topological polar surface area (TPSA) is 127 Å². The molecule has 154 valence electrons. The molecule has 2 atom stereocenters. The molecule has 2 heterocycles. The molecule has 0 radical (unpaired) electrons. The van der Waals surface area contributed by atoms with E-state index in [0.717, 1.165) is 4.88 Å². The van der Waals surface area contributed by atoms with E-state index in [0.29, 0.717) is 9.91 Å². The summed E-state index contributed by atoms with van der Waals surface area (Å²) >= 11 is 7.43. The molecule has 1 amide bonds. The first-order valence-electron chi connectivity index (χ1n) is 9.24. The quantitative estimate of drug-likeness (QED) is 0.654. The molecule has 3 rings (SSSR count). The van der Waals surface area contributed by atoms with Crippen LogP contribution in [0.5, 0.6) is 0 Å². The lowest BCUT2D eigenvalue weighted by molar-refractivity contribution is 0.0230. The zero-order valence-electron chi connectivity index (χ0n) is 16.8. The molecule has 0 saturated carbocycles. The van der Waals surface area contributed by atoms with E-state index in [9.17, 15) is 20.6 Å². The first kappa shape index (κ1) is 21.7. The van der Waals surface area contributed by atoms with Gasteiger partial charge in [-0.1, -0.05) is 17.7 Å². The van der Waals surface area contributed by atoms with Crippen molar-refractivity contribution in [2.24, 2.45) is 17.1 Å². The SMILES string of the molecule is CC(C)(C)OC(=O)N1CC=C2[C@H](C1)[C@@H](c1ccc(Cl)s1)C(C#N)=C(N)C2(C#N)C#N. The Kier molecular flexibility index (Phi) is 5.56. The van der Waals surface area contributed by atoms with E-state index in [2.05, 4.69) is 6.07 Å². The van der Waals surface area contributed by atoms with Gasteiger partial charge in [0, 0.05) is 29.8 Å². The minimum absolute atomic E-state index is 0.0576. The summed E-state index contributed by atoms with van der Waals surface area (Å²) in [5.74, 6) is -0.999. The summed E-state index contributed by atoms with van der Waals surface area (Å²) in [6, 6.07) is 9.67. The van der Waals surface area contributed by atoms with Crippen molar-refractivity contribution in [3.05, 3.63) is 44.3 Å². The summed E-state index contributed by atoms with van der Waals surface area (Å²) in [7, 11) is 0. The maximum absolute atomic E-state index is 12.7. The van der Waals surface area contributed by atoms with E-state index in [1.54, 1.807) is 39.0 Å². The van der Waals surface area contributed by atoms with E-state index < -0.39 is 28.9 Å². The molecule has 1 aliphatic heterocycles. The van der Waals surface area contributed by atoms with Crippen LogP contribution in [0.4, 0.5) is 4.79 Å². The highest BCUT2D eigenvalue weighted by atomic mass is 35.5.